The van der Waals surface area contributed by atoms with Crippen LogP contribution in [-0.4, -0.2) is 41.5 Å². The normalized spacial score (nSPS) is 19.2. The highest BCUT2D eigenvalue weighted by atomic mass is 19.1. The van der Waals surface area contributed by atoms with Gasteiger partial charge in [-0.1, -0.05) is 0 Å². The van der Waals surface area contributed by atoms with Crippen molar-refractivity contribution >= 4 is 17.6 Å². The Balaban J connectivity index is 1.92. The number of rotatable bonds is 4. The van der Waals surface area contributed by atoms with E-state index >= 15 is 0 Å². The molecule has 1 saturated heterocycles. The van der Waals surface area contributed by atoms with Gasteiger partial charge in [-0.25, -0.2) is 8.78 Å². The van der Waals surface area contributed by atoms with Gasteiger partial charge < -0.3 is 10.4 Å². The van der Waals surface area contributed by atoms with Gasteiger partial charge in [0.05, 0.1) is 18.2 Å². The van der Waals surface area contributed by atoms with E-state index in [0.717, 1.165) is 18.2 Å². The van der Waals surface area contributed by atoms with E-state index in [0.29, 0.717) is 19.4 Å². The van der Waals surface area contributed by atoms with Crippen LogP contribution in [0.1, 0.15) is 12.8 Å². The quantitative estimate of drug-likeness (QED) is 0.887. The highest BCUT2D eigenvalue weighted by Gasteiger charge is 2.26. The monoisotopic (exact) mass is 298 g/mol. The molecule has 0 aromatic heterocycles. The van der Waals surface area contributed by atoms with E-state index in [1.165, 1.54) is 0 Å². The van der Waals surface area contributed by atoms with Crippen molar-refractivity contribution in [2.45, 2.75) is 12.8 Å². The van der Waals surface area contributed by atoms with Crippen LogP contribution in [0.15, 0.2) is 18.2 Å². The average Bonchev–Trinajstić information content (AvgIpc) is 2.43. The van der Waals surface area contributed by atoms with E-state index < -0.39 is 29.4 Å². The van der Waals surface area contributed by atoms with Crippen LogP contribution in [-0.2, 0) is 9.59 Å². The molecule has 7 heteroatoms. The molecule has 1 heterocycles. The van der Waals surface area contributed by atoms with Crippen LogP contribution in [0.5, 0.6) is 0 Å². The molecule has 0 bridgehead atoms. The zero-order chi connectivity index (χ0) is 15.4. The lowest BCUT2D eigenvalue weighted by molar-refractivity contribution is -0.144. The molecule has 1 unspecified atom stereocenters. The molecule has 21 heavy (non-hydrogen) atoms. The van der Waals surface area contributed by atoms with Gasteiger partial charge in [0.15, 0.2) is 0 Å². The molecule has 1 fully saturated rings. The van der Waals surface area contributed by atoms with E-state index in [1.54, 1.807) is 4.90 Å². The number of carboxylic acid groups (broad SMARTS) is 1. The van der Waals surface area contributed by atoms with Gasteiger partial charge in [-0.15, -0.1) is 0 Å². The second kappa shape index (κ2) is 6.62. The SMILES string of the molecule is O=C(CN1CCCC(C(=O)O)C1)Nc1cc(F)ccc1F. The number of nitrogens with zero attached hydrogens (tertiary/aromatic N) is 1. The summed E-state index contributed by atoms with van der Waals surface area (Å²) in [7, 11) is 0. The second-order valence-electron chi connectivity index (χ2n) is 5.08. The molecule has 1 amide bonds. The third kappa shape index (κ3) is 4.22. The first-order valence-electron chi connectivity index (χ1n) is 6.66. The van der Waals surface area contributed by atoms with Crippen LogP contribution in [0.25, 0.3) is 0 Å². The van der Waals surface area contributed by atoms with E-state index in [9.17, 15) is 18.4 Å². The van der Waals surface area contributed by atoms with Crippen molar-refractivity contribution in [2.75, 3.05) is 25.0 Å². The highest BCUT2D eigenvalue weighted by molar-refractivity contribution is 5.92. The van der Waals surface area contributed by atoms with Crippen LogP contribution in [0, 0.1) is 17.6 Å². The van der Waals surface area contributed by atoms with Crippen LogP contribution >= 0.6 is 0 Å². The molecule has 5 nitrogen and oxygen atoms in total. The van der Waals surface area contributed by atoms with E-state index in [-0.39, 0.29) is 18.8 Å². The standard InChI is InChI=1S/C14H16F2N2O3/c15-10-3-4-11(16)12(6-10)17-13(19)8-18-5-1-2-9(7-18)14(20)21/h3-4,6,9H,1-2,5,7-8H2,(H,17,19)(H,20,21). The average molecular weight is 298 g/mol. The highest BCUT2D eigenvalue weighted by Crippen LogP contribution is 2.18. The predicted molar refractivity (Wildman–Crippen MR) is 71.8 cm³/mol. The van der Waals surface area contributed by atoms with Gasteiger partial charge in [0.1, 0.15) is 11.6 Å². The summed E-state index contributed by atoms with van der Waals surface area (Å²) >= 11 is 0. The molecule has 1 aliphatic rings. The number of carbonyl (C=O) groups excluding carboxylic acids is 1. The third-order valence-electron chi connectivity index (χ3n) is 3.42. The Morgan fingerprint density at radius 1 is 1.38 bits per heavy atom. The number of piperidine rings is 1. The Labute approximate surface area is 120 Å². The largest absolute Gasteiger partial charge is 0.481 e. The number of carboxylic acids is 1. The molecule has 0 spiro atoms. The van der Waals surface area contributed by atoms with Crippen molar-refractivity contribution < 1.29 is 23.5 Å². The van der Waals surface area contributed by atoms with Crippen molar-refractivity contribution in [2.24, 2.45) is 5.92 Å². The van der Waals surface area contributed by atoms with Crippen LogP contribution in [0.2, 0.25) is 0 Å². The molecular formula is C14H16F2N2O3. The zero-order valence-electron chi connectivity index (χ0n) is 11.3. The first-order chi connectivity index (χ1) is 9.95. The lowest BCUT2D eigenvalue weighted by atomic mass is 9.98. The van der Waals surface area contributed by atoms with Gasteiger partial charge in [0.25, 0.3) is 0 Å². The fraction of sp³-hybridized carbons (Fsp3) is 0.429. The van der Waals surface area contributed by atoms with E-state index in [4.69, 9.17) is 5.11 Å². The Morgan fingerprint density at radius 2 is 2.14 bits per heavy atom. The Morgan fingerprint density at radius 3 is 2.86 bits per heavy atom. The zero-order valence-corrected chi connectivity index (χ0v) is 11.3. The summed E-state index contributed by atoms with van der Waals surface area (Å²) in [6, 6.07) is 2.81. The molecule has 2 N–H and O–H groups in total. The number of amides is 1. The fourth-order valence-electron chi connectivity index (χ4n) is 2.39. The molecule has 1 aromatic carbocycles. The maximum atomic E-state index is 13.4. The number of likely N-dealkylation sites (tertiary alicyclic amines) is 1. The molecule has 0 radical (unpaired) electrons. The number of benzene rings is 1. The number of hydrogen-bond donors (Lipinski definition) is 2. The second-order valence-corrected chi connectivity index (χ2v) is 5.08. The summed E-state index contributed by atoms with van der Waals surface area (Å²) in [5.41, 5.74) is -0.216. The van der Waals surface area contributed by atoms with Gasteiger partial charge in [-0.3, -0.25) is 14.5 Å². The van der Waals surface area contributed by atoms with Crippen molar-refractivity contribution in [3.05, 3.63) is 29.8 Å². The lowest BCUT2D eigenvalue weighted by Gasteiger charge is -2.29. The van der Waals surface area contributed by atoms with Crippen LogP contribution < -0.4 is 5.32 Å². The van der Waals surface area contributed by atoms with Gasteiger partial charge >= 0.3 is 5.97 Å². The minimum atomic E-state index is -0.878. The Hall–Kier alpha value is -2.02. The molecule has 1 atom stereocenters. The summed E-state index contributed by atoms with van der Waals surface area (Å²) in [4.78, 5) is 24.5. The summed E-state index contributed by atoms with van der Waals surface area (Å²) in [6.07, 6.45) is 1.28. The molecule has 2 rings (SSSR count). The minimum absolute atomic E-state index is 0.0419. The summed E-state index contributed by atoms with van der Waals surface area (Å²) < 4.78 is 26.4. The molecule has 1 aromatic rings. The number of aliphatic carboxylic acids is 1. The number of halogens is 2. The van der Waals surface area contributed by atoms with Gasteiger partial charge in [0.2, 0.25) is 5.91 Å². The number of nitrogens with one attached hydrogen (secondary N) is 1. The van der Waals surface area contributed by atoms with Crippen LogP contribution in [0.4, 0.5) is 14.5 Å². The third-order valence-corrected chi connectivity index (χ3v) is 3.42. The van der Waals surface area contributed by atoms with Gasteiger partial charge in [-0.2, -0.15) is 0 Å². The minimum Gasteiger partial charge on any atom is -0.481 e. The van der Waals surface area contributed by atoms with Gasteiger partial charge in [0, 0.05) is 12.6 Å². The summed E-state index contributed by atoms with van der Waals surface area (Å²) in [5.74, 6) is -3.22. The molecule has 114 valence electrons. The number of hydrogen-bond acceptors (Lipinski definition) is 3. The Kier molecular flexibility index (Phi) is 4.85. The van der Waals surface area contributed by atoms with Gasteiger partial charge in [-0.05, 0) is 31.5 Å². The Bertz CT molecular complexity index is 551. The topological polar surface area (TPSA) is 69.6 Å². The van der Waals surface area contributed by atoms with Crippen LogP contribution in [0.3, 0.4) is 0 Å². The van der Waals surface area contributed by atoms with Crippen molar-refractivity contribution in [3.63, 3.8) is 0 Å². The van der Waals surface area contributed by atoms with E-state index in [1.807, 2.05) is 0 Å². The molecular weight excluding hydrogens is 282 g/mol. The molecule has 1 aliphatic heterocycles. The van der Waals surface area contributed by atoms with E-state index in [2.05, 4.69) is 5.32 Å². The lowest BCUT2D eigenvalue weighted by Crippen LogP contribution is -2.42. The fourth-order valence-corrected chi connectivity index (χ4v) is 2.39. The molecule has 0 saturated carbocycles. The molecule has 0 aliphatic carbocycles. The summed E-state index contributed by atoms with van der Waals surface area (Å²) in [6.45, 7) is 0.858. The number of carbonyl (C=O) groups is 2. The van der Waals surface area contributed by atoms with Crippen molar-refractivity contribution in [3.8, 4) is 0 Å². The first kappa shape index (κ1) is 15.4. The first-order valence-corrected chi connectivity index (χ1v) is 6.66. The smallest absolute Gasteiger partial charge is 0.307 e. The maximum Gasteiger partial charge on any atom is 0.307 e. The summed E-state index contributed by atoms with van der Waals surface area (Å²) in [5, 5.41) is 11.3. The van der Waals surface area contributed by atoms with Crippen molar-refractivity contribution in [1.29, 1.82) is 0 Å². The van der Waals surface area contributed by atoms with Crippen molar-refractivity contribution in [1.82, 2.24) is 4.90 Å². The number of anilines is 1. The maximum absolute atomic E-state index is 13.4. The predicted octanol–water partition coefficient (Wildman–Crippen LogP) is 1.70.